The first-order valence-electron chi connectivity index (χ1n) is 9.27. The number of anilines is 1. The fourth-order valence-electron chi connectivity index (χ4n) is 4.83. The first-order chi connectivity index (χ1) is 13.5. The third-order valence-corrected chi connectivity index (χ3v) is 6.05. The van der Waals surface area contributed by atoms with E-state index < -0.39 is 23.8 Å². The van der Waals surface area contributed by atoms with E-state index in [9.17, 15) is 14.4 Å². The monoisotopic (exact) mass is 373 g/mol. The second-order valence-corrected chi connectivity index (χ2v) is 7.58. The van der Waals surface area contributed by atoms with Gasteiger partial charge in [0, 0.05) is 6.20 Å². The van der Waals surface area contributed by atoms with E-state index in [0.29, 0.717) is 5.69 Å². The number of carbonyl (C=O) groups is 3. The highest BCUT2D eigenvalue weighted by molar-refractivity contribution is 6.24. The molecule has 2 fully saturated rings. The predicted molar refractivity (Wildman–Crippen MR) is 104 cm³/mol. The number of rotatable bonds is 2. The second-order valence-electron chi connectivity index (χ2n) is 7.58. The van der Waals surface area contributed by atoms with E-state index in [4.69, 9.17) is 5.73 Å². The van der Waals surface area contributed by atoms with Gasteiger partial charge in [-0.3, -0.25) is 14.4 Å². The molecular formula is C22H19N3O3. The van der Waals surface area contributed by atoms with E-state index in [-0.39, 0.29) is 17.9 Å². The summed E-state index contributed by atoms with van der Waals surface area (Å²) >= 11 is 0. The van der Waals surface area contributed by atoms with Crippen molar-refractivity contribution in [2.24, 2.45) is 17.6 Å². The molecule has 2 saturated heterocycles. The normalized spacial score (nSPS) is 27.6. The van der Waals surface area contributed by atoms with Crippen LogP contribution in [0, 0.1) is 18.8 Å². The zero-order chi connectivity index (χ0) is 19.6. The van der Waals surface area contributed by atoms with Gasteiger partial charge in [0.2, 0.25) is 17.7 Å². The number of amides is 3. The zero-order valence-corrected chi connectivity index (χ0v) is 15.3. The highest BCUT2D eigenvalue weighted by Gasteiger charge is 2.64. The van der Waals surface area contributed by atoms with Crippen molar-refractivity contribution in [3.8, 4) is 0 Å². The van der Waals surface area contributed by atoms with Crippen LogP contribution in [0.4, 0.5) is 5.69 Å². The zero-order valence-electron chi connectivity index (χ0n) is 15.3. The summed E-state index contributed by atoms with van der Waals surface area (Å²) in [7, 11) is 0. The molecule has 3 aliphatic rings. The number of nitrogens with zero attached hydrogens (tertiary/aromatic N) is 2. The van der Waals surface area contributed by atoms with Crippen LogP contribution < -0.4 is 10.6 Å². The Morgan fingerprint density at radius 2 is 1.64 bits per heavy atom. The van der Waals surface area contributed by atoms with Gasteiger partial charge in [-0.25, -0.2) is 4.90 Å². The number of fused-ring (bicyclic) bond motifs is 5. The Morgan fingerprint density at radius 3 is 2.36 bits per heavy atom. The van der Waals surface area contributed by atoms with Crippen molar-refractivity contribution < 1.29 is 14.4 Å². The molecule has 0 aromatic heterocycles. The Morgan fingerprint density at radius 1 is 0.964 bits per heavy atom. The Labute approximate surface area is 162 Å². The van der Waals surface area contributed by atoms with Crippen molar-refractivity contribution in [3.63, 3.8) is 0 Å². The summed E-state index contributed by atoms with van der Waals surface area (Å²) in [5.74, 6) is -2.65. The molecule has 28 heavy (non-hydrogen) atoms. The van der Waals surface area contributed by atoms with Crippen molar-refractivity contribution in [1.82, 2.24) is 4.90 Å². The molecule has 0 aliphatic carbocycles. The van der Waals surface area contributed by atoms with Gasteiger partial charge in [0.1, 0.15) is 6.04 Å². The molecule has 0 spiro atoms. The maximum absolute atomic E-state index is 13.4. The Kier molecular flexibility index (Phi) is 3.46. The summed E-state index contributed by atoms with van der Waals surface area (Å²) in [6, 6.07) is 13.8. The molecule has 6 heteroatoms. The van der Waals surface area contributed by atoms with Crippen LogP contribution in [0.3, 0.4) is 0 Å². The van der Waals surface area contributed by atoms with Crippen LogP contribution in [0.2, 0.25) is 0 Å². The van der Waals surface area contributed by atoms with Crippen LogP contribution in [0.1, 0.15) is 22.7 Å². The van der Waals surface area contributed by atoms with Gasteiger partial charge in [-0.05, 0) is 36.3 Å². The van der Waals surface area contributed by atoms with E-state index in [2.05, 4.69) is 0 Å². The fraction of sp³-hybridized carbons (Fsp3) is 0.227. The quantitative estimate of drug-likeness (QED) is 0.816. The summed E-state index contributed by atoms with van der Waals surface area (Å²) in [6.07, 6.45) is 3.69. The van der Waals surface area contributed by atoms with Crippen molar-refractivity contribution in [3.05, 3.63) is 71.4 Å². The van der Waals surface area contributed by atoms with Gasteiger partial charge < -0.3 is 10.6 Å². The lowest BCUT2D eigenvalue weighted by molar-refractivity contribution is -0.129. The first kappa shape index (κ1) is 16.7. The maximum atomic E-state index is 13.4. The molecule has 6 nitrogen and oxygen atoms in total. The fourth-order valence-corrected chi connectivity index (χ4v) is 4.83. The Hall–Kier alpha value is -3.41. The number of carbonyl (C=O) groups excluding carboxylic acids is 3. The number of primary amides is 1. The standard InChI is InChI=1S/C22H19N3O3/c1-12-6-8-14(9-7-12)25-21(27)16-17(22(25)28)19(20(23)26)24-11-10-13-4-2-3-5-15(13)18(16)24/h2-11,16-19H,1H3,(H2,23,26). The Bertz CT molecular complexity index is 1040. The average Bonchev–Trinajstić information content (AvgIpc) is 3.16. The molecule has 0 bridgehead atoms. The maximum Gasteiger partial charge on any atom is 0.240 e. The highest BCUT2D eigenvalue weighted by Crippen LogP contribution is 2.52. The number of hydrogen-bond acceptors (Lipinski definition) is 4. The van der Waals surface area contributed by atoms with E-state index in [0.717, 1.165) is 16.7 Å². The smallest absolute Gasteiger partial charge is 0.240 e. The van der Waals surface area contributed by atoms with Gasteiger partial charge in [0.15, 0.2) is 0 Å². The molecule has 2 aromatic carbocycles. The number of imide groups is 1. The van der Waals surface area contributed by atoms with E-state index in [1.165, 1.54) is 4.90 Å². The molecule has 2 N–H and O–H groups in total. The van der Waals surface area contributed by atoms with Crippen LogP contribution >= 0.6 is 0 Å². The van der Waals surface area contributed by atoms with Gasteiger partial charge >= 0.3 is 0 Å². The molecular weight excluding hydrogens is 354 g/mol. The van der Waals surface area contributed by atoms with Crippen molar-refractivity contribution in [2.75, 3.05) is 4.90 Å². The highest BCUT2D eigenvalue weighted by atomic mass is 16.2. The number of benzene rings is 2. The molecule has 4 unspecified atom stereocenters. The Balaban J connectivity index is 1.65. The van der Waals surface area contributed by atoms with Gasteiger partial charge in [0.25, 0.3) is 0 Å². The lowest BCUT2D eigenvalue weighted by Crippen LogP contribution is -2.46. The van der Waals surface area contributed by atoms with Crippen LogP contribution in [-0.2, 0) is 14.4 Å². The number of aryl methyl sites for hydroxylation is 1. The van der Waals surface area contributed by atoms with Crippen LogP contribution in [0.5, 0.6) is 0 Å². The predicted octanol–water partition coefficient (Wildman–Crippen LogP) is 2.00. The first-order valence-corrected chi connectivity index (χ1v) is 9.27. The molecule has 3 heterocycles. The van der Waals surface area contributed by atoms with Gasteiger partial charge in [-0.1, -0.05) is 42.0 Å². The summed E-state index contributed by atoms with van der Waals surface area (Å²) in [6.45, 7) is 1.94. The summed E-state index contributed by atoms with van der Waals surface area (Å²) in [5, 5.41) is 0. The summed E-state index contributed by atoms with van der Waals surface area (Å²) in [4.78, 5) is 42.1. The molecule has 5 rings (SSSR count). The van der Waals surface area contributed by atoms with Crippen molar-refractivity contribution in [1.29, 1.82) is 0 Å². The van der Waals surface area contributed by atoms with Gasteiger partial charge in [-0.15, -0.1) is 0 Å². The second kappa shape index (κ2) is 5.79. The molecule has 3 aliphatic heterocycles. The van der Waals surface area contributed by atoms with Crippen molar-refractivity contribution in [2.45, 2.75) is 19.0 Å². The van der Waals surface area contributed by atoms with Crippen molar-refractivity contribution >= 4 is 29.5 Å². The SMILES string of the molecule is Cc1ccc(N2C(=O)C3C(C2=O)C2c4ccccc4C=CN2C3C(N)=O)cc1. The van der Waals surface area contributed by atoms with Crippen LogP contribution in [-0.4, -0.2) is 28.7 Å². The molecule has 140 valence electrons. The largest absolute Gasteiger partial charge is 0.368 e. The minimum Gasteiger partial charge on any atom is -0.368 e. The third kappa shape index (κ3) is 2.11. The third-order valence-electron chi connectivity index (χ3n) is 6.05. The minimum atomic E-state index is -0.841. The molecule has 4 atom stereocenters. The molecule has 0 radical (unpaired) electrons. The molecule has 2 aromatic rings. The summed E-state index contributed by atoms with van der Waals surface area (Å²) in [5.41, 5.74) is 9.19. The number of nitrogens with two attached hydrogens (primary N) is 1. The average molecular weight is 373 g/mol. The van der Waals surface area contributed by atoms with E-state index >= 15 is 0 Å². The lowest BCUT2D eigenvalue weighted by atomic mass is 9.84. The lowest BCUT2D eigenvalue weighted by Gasteiger charge is -2.34. The topological polar surface area (TPSA) is 83.7 Å². The molecule has 3 amide bonds. The molecule has 0 saturated carbocycles. The summed E-state index contributed by atoms with van der Waals surface area (Å²) < 4.78 is 0. The van der Waals surface area contributed by atoms with Gasteiger partial charge in [0.05, 0.1) is 23.6 Å². The minimum absolute atomic E-state index is 0.275. The van der Waals surface area contributed by atoms with E-state index in [1.54, 1.807) is 23.2 Å². The van der Waals surface area contributed by atoms with Gasteiger partial charge in [-0.2, -0.15) is 0 Å². The number of hydrogen-bond donors (Lipinski definition) is 1. The van der Waals surface area contributed by atoms with E-state index in [1.807, 2.05) is 49.4 Å². The van der Waals surface area contributed by atoms with Crippen LogP contribution in [0.15, 0.2) is 54.7 Å². The van der Waals surface area contributed by atoms with Crippen LogP contribution in [0.25, 0.3) is 6.08 Å².